The van der Waals surface area contributed by atoms with Crippen LogP contribution in [-0.4, -0.2) is 9.97 Å². The molecule has 0 bridgehead atoms. The molecule has 278 valence electrons. The van der Waals surface area contributed by atoms with Crippen LogP contribution in [0.4, 0.5) is 0 Å². The molecule has 2 nitrogen and oxygen atoms in total. The SMILES string of the molecule is CC1(C)c2ccc(-c3cccc(-c4ccc(-c5cc(-c6ccc(-c7ccccc7)cc6)nc(-c6ccccc6)n5)c5ccccc45)c3)cc2-c2cc3ccccc3cc21. The van der Waals surface area contributed by atoms with E-state index in [0.29, 0.717) is 5.82 Å². The second-order valence-electron chi connectivity index (χ2n) is 16.2. The normalized spacial score (nSPS) is 12.7. The third-order valence-corrected chi connectivity index (χ3v) is 12.3. The number of nitrogens with zero attached hydrogens (tertiary/aromatic N) is 2. The van der Waals surface area contributed by atoms with Crippen LogP contribution in [0.3, 0.4) is 0 Å². The first-order valence-corrected chi connectivity index (χ1v) is 20.4. The minimum absolute atomic E-state index is 0.0605. The van der Waals surface area contributed by atoms with Crippen molar-refractivity contribution in [1.82, 2.24) is 9.97 Å². The van der Waals surface area contributed by atoms with Crippen LogP contribution in [0.2, 0.25) is 0 Å². The van der Waals surface area contributed by atoms with Crippen molar-refractivity contribution in [2.75, 3.05) is 0 Å². The summed E-state index contributed by atoms with van der Waals surface area (Å²) in [6.07, 6.45) is 0. The Morgan fingerprint density at radius 2 is 0.831 bits per heavy atom. The first-order chi connectivity index (χ1) is 29.0. The van der Waals surface area contributed by atoms with Crippen LogP contribution < -0.4 is 0 Å². The van der Waals surface area contributed by atoms with Crippen LogP contribution in [0.1, 0.15) is 25.0 Å². The highest BCUT2D eigenvalue weighted by atomic mass is 14.9. The fourth-order valence-electron chi connectivity index (χ4n) is 9.17. The van der Waals surface area contributed by atoms with E-state index < -0.39 is 0 Å². The number of hydrogen-bond acceptors (Lipinski definition) is 2. The molecule has 0 spiro atoms. The van der Waals surface area contributed by atoms with Crippen LogP contribution >= 0.6 is 0 Å². The molecule has 10 aromatic rings. The van der Waals surface area contributed by atoms with Gasteiger partial charge in [-0.05, 0) is 108 Å². The highest BCUT2D eigenvalue weighted by molar-refractivity contribution is 6.05. The van der Waals surface area contributed by atoms with Crippen LogP contribution in [0.25, 0.3) is 100.0 Å². The Morgan fingerprint density at radius 1 is 0.305 bits per heavy atom. The zero-order chi connectivity index (χ0) is 39.5. The van der Waals surface area contributed by atoms with Crippen molar-refractivity contribution >= 4 is 21.5 Å². The molecule has 0 atom stereocenters. The highest BCUT2D eigenvalue weighted by Crippen LogP contribution is 2.51. The van der Waals surface area contributed by atoms with E-state index >= 15 is 0 Å². The van der Waals surface area contributed by atoms with Gasteiger partial charge in [0.2, 0.25) is 0 Å². The summed E-state index contributed by atoms with van der Waals surface area (Å²) in [5, 5.41) is 4.92. The minimum atomic E-state index is -0.0605. The second kappa shape index (κ2) is 13.9. The van der Waals surface area contributed by atoms with Gasteiger partial charge in [0.1, 0.15) is 0 Å². The van der Waals surface area contributed by atoms with Gasteiger partial charge in [0.15, 0.2) is 5.82 Å². The molecule has 0 fully saturated rings. The van der Waals surface area contributed by atoms with E-state index in [4.69, 9.17) is 9.97 Å². The number of benzene rings is 9. The minimum Gasteiger partial charge on any atom is -0.228 e. The van der Waals surface area contributed by atoms with Gasteiger partial charge < -0.3 is 0 Å². The average Bonchev–Trinajstić information content (AvgIpc) is 3.52. The summed E-state index contributed by atoms with van der Waals surface area (Å²) in [5.41, 5.74) is 17.5. The molecule has 1 aromatic heterocycles. The Labute approximate surface area is 345 Å². The lowest BCUT2D eigenvalue weighted by Gasteiger charge is -2.22. The van der Waals surface area contributed by atoms with Crippen LogP contribution in [-0.2, 0) is 5.41 Å². The molecule has 11 rings (SSSR count). The molecule has 0 N–H and O–H groups in total. The van der Waals surface area contributed by atoms with Gasteiger partial charge in [-0.2, -0.15) is 0 Å². The Hall–Kier alpha value is -7.42. The van der Waals surface area contributed by atoms with Gasteiger partial charge in [-0.3, -0.25) is 0 Å². The Morgan fingerprint density at radius 3 is 1.59 bits per heavy atom. The fraction of sp³-hybridized carbons (Fsp3) is 0.0526. The molecule has 0 saturated heterocycles. The Bertz CT molecular complexity index is 3220. The van der Waals surface area contributed by atoms with Crippen molar-refractivity contribution in [1.29, 1.82) is 0 Å². The van der Waals surface area contributed by atoms with Crippen LogP contribution in [0.5, 0.6) is 0 Å². The number of aromatic nitrogens is 2. The average molecular weight is 753 g/mol. The lowest BCUT2D eigenvalue weighted by Crippen LogP contribution is -2.14. The molecule has 1 heterocycles. The standard InChI is InChI=1S/C57H40N2/c1-57(2)52-31-28-44(34-50(52)51-33-42-18-9-10-19-43(42)35-53(51)57)41-20-13-21-45(32-41)46-29-30-49(48-23-12-11-22-47(46)48)55-36-54(58-56(59-55)40-16-7-4-8-17-40)39-26-24-38(25-27-39)37-14-5-3-6-15-37/h3-36H,1-2H3. The Kier molecular flexibility index (Phi) is 8.20. The van der Waals surface area contributed by atoms with E-state index in [0.717, 1.165) is 33.5 Å². The van der Waals surface area contributed by atoms with E-state index in [1.165, 1.54) is 71.8 Å². The quantitative estimate of drug-likeness (QED) is 0.169. The van der Waals surface area contributed by atoms with Crippen LogP contribution in [0, 0.1) is 0 Å². The van der Waals surface area contributed by atoms with Crippen molar-refractivity contribution in [3.8, 4) is 78.4 Å². The van der Waals surface area contributed by atoms with Crippen molar-refractivity contribution in [2.24, 2.45) is 0 Å². The number of hydrogen-bond donors (Lipinski definition) is 0. The van der Waals surface area contributed by atoms with E-state index in [1.807, 2.05) is 18.2 Å². The van der Waals surface area contributed by atoms with Crippen molar-refractivity contribution in [3.05, 3.63) is 217 Å². The molecular formula is C57H40N2. The molecule has 0 aliphatic heterocycles. The molecule has 9 aromatic carbocycles. The summed E-state index contributed by atoms with van der Waals surface area (Å²) < 4.78 is 0. The lowest BCUT2D eigenvalue weighted by atomic mass is 9.81. The zero-order valence-corrected chi connectivity index (χ0v) is 33.0. The highest BCUT2D eigenvalue weighted by Gasteiger charge is 2.35. The van der Waals surface area contributed by atoms with Gasteiger partial charge in [-0.25, -0.2) is 9.97 Å². The van der Waals surface area contributed by atoms with Gasteiger partial charge in [0.25, 0.3) is 0 Å². The van der Waals surface area contributed by atoms with E-state index in [2.05, 4.69) is 202 Å². The summed E-state index contributed by atoms with van der Waals surface area (Å²) in [6.45, 7) is 4.71. The first-order valence-electron chi connectivity index (χ1n) is 20.4. The van der Waals surface area contributed by atoms with Crippen molar-refractivity contribution in [3.63, 3.8) is 0 Å². The largest absolute Gasteiger partial charge is 0.228 e. The summed E-state index contributed by atoms with van der Waals surface area (Å²) in [5.74, 6) is 0.708. The van der Waals surface area contributed by atoms with Crippen LogP contribution in [0.15, 0.2) is 206 Å². The Balaban J connectivity index is 0.998. The molecule has 59 heavy (non-hydrogen) atoms. The van der Waals surface area contributed by atoms with Crippen molar-refractivity contribution < 1.29 is 0 Å². The number of fused-ring (bicyclic) bond motifs is 5. The third kappa shape index (κ3) is 6.04. The molecule has 1 aliphatic rings. The summed E-state index contributed by atoms with van der Waals surface area (Å²) in [7, 11) is 0. The van der Waals surface area contributed by atoms with Gasteiger partial charge in [0.05, 0.1) is 11.4 Å². The first kappa shape index (κ1) is 34.8. The zero-order valence-electron chi connectivity index (χ0n) is 33.0. The maximum atomic E-state index is 5.23. The van der Waals surface area contributed by atoms with E-state index in [-0.39, 0.29) is 5.41 Å². The monoisotopic (exact) mass is 752 g/mol. The van der Waals surface area contributed by atoms with E-state index in [9.17, 15) is 0 Å². The summed E-state index contributed by atoms with van der Waals surface area (Å²) in [6, 6.07) is 74.4. The topological polar surface area (TPSA) is 25.8 Å². The summed E-state index contributed by atoms with van der Waals surface area (Å²) >= 11 is 0. The van der Waals surface area contributed by atoms with Gasteiger partial charge in [-0.15, -0.1) is 0 Å². The third-order valence-electron chi connectivity index (χ3n) is 12.3. The van der Waals surface area contributed by atoms with Gasteiger partial charge in [-0.1, -0.05) is 190 Å². The van der Waals surface area contributed by atoms with Gasteiger partial charge >= 0.3 is 0 Å². The molecular weight excluding hydrogens is 713 g/mol. The van der Waals surface area contributed by atoms with E-state index in [1.54, 1.807) is 0 Å². The maximum absolute atomic E-state index is 5.23. The molecule has 2 heteroatoms. The smallest absolute Gasteiger partial charge is 0.160 e. The fourth-order valence-corrected chi connectivity index (χ4v) is 9.17. The molecule has 0 unspecified atom stereocenters. The molecule has 0 radical (unpaired) electrons. The maximum Gasteiger partial charge on any atom is 0.160 e. The molecule has 0 saturated carbocycles. The molecule has 1 aliphatic carbocycles. The molecule has 0 amide bonds. The second-order valence-corrected chi connectivity index (χ2v) is 16.2. The number of rotatable bonds is 6. The predicted molar refractivity (Wildman–Crippen MR) is 247 cm³/mol. The van der Waals surface area contributed by atoms with Gasteiger partial charge in [0, 0.05) is 22.1 Å². The summed E-state index contributed by atoms with van der Waals surface area (Å²) in [4.78, 5) is 10.4. The van der Waals surface area contributed by atoms with Crippen molar-refractivity contribution in [2.45, 2.75) is 19.3 Å². The predicted octanol–water partition coefficient (Wildman–Crippen LogP) is 15.1. The lowest BCUT2D eigenvalue weighted by molar-refractivity contribution is 0.661.